The number of carbonyl (C=O) groups excluding carboxylic acids is 1. The standard InChI is InChI=1S/C20H20N6O2/c1-13-4-5-16-15(6-7-17(28-3)20(16)23-13)14-10-22-26(11-14)12-19(27)24-18-8-9-21-25(18)2/h4-11H,12H2,1-3H3,(H,24,27). The Morgan fingerprint density at radius 2 is 2.04 bits per heavy atom. The maximum Gasteiger partial charge on any atom is 0.247 e. The summed E-state index contributed by atoms with van der Waals surface area (Å²) in [5, 5.41) is 12.2. The fourth-order valence-corrected chi connectivity index (χ4v) is 3.12. The normalized spacial score (nSPS) is 11.0. The molecule has 0 saturated heterocycles. The molecule has 0 radical (unpaired) electrons. The quantitative estimate of drug-likeness (QED) is 0.579. The van der Waals surface area contributed by atoms with Gasteiger partial charge in [-0.25, -0.2) is 4.98 Å². The summed E-state index contributed by atoms with van der Waals surface area (Å²) >= 11 is 0. The van der Waals surface area contributed by atoms with Crippen LogP contribution in [-0.2, 0) is 18.4 Å². The van der Waals surface area contributed by atoms with Crippen molar-refractivity contribution in [2.24, 2.45) is 7.05 Å². The van der Waals surface area contributed by atoms with Gasteiger partial charge in [0.2, 0.25) is 5.91 Å². The van der Waals surface area contributed by atoms with E-state index in [-0.39, 0.29) is 12.5 Å². The fraction of sp³-hybridized carbons (Fsp3) is 0.200. The van der Waals surface area contributed by atoms with Crippen molar-refractivity contribution in [1.82, 2.24) is 24.5 Å². The van der Waals surface area contributed by atoms with E-state index in [1.54, 1.807) is 42.0 Å². The van der Waals surface area contributed by atoms with E-state index in [9.17, 15) is 4.79 Å². The van der Waals surface area contributed by atoms with E-state index in [1.165, 1.54) is 0 Å². The van der Waals surface area contributed by atoms with Crippen LogP contribution in [0.15, 0.2) is 48.9 Å². The minimum Gasteiger partial charge on any atom is -0.494 e. The summed E-state index contributed by atoms with van der Waals surface area (Å²) in [7, 11) is 3.41. The van der Waals surface area contributed by atoms with E-state index in [0.717, 1.165) is 33.5 Å². The fourth-order valence-electron chi connectivity index (χ4n) is 3.12. The molecule has 0 spiro atoms. The average molecular weight is 376 g/mol. The van der Waals surface area contributed by atoms with Gasteiger partial charge in [0.25, 0.3) is 0 Å². The lowest BCUT2D eigenvalue weighted by Gasteiger charge is -2.09. The third kappa shape index (κ3) is 3.32. The first-order chi connectivity index (χ1) is 13.5. The van der Waals surface area contributed by atoms with Gasteiger partial charge < -0.3 is 10.1 Å². The number of amides is 1. The lowest BCUT2D eigenvalue weighted by molar-refractivity contribution is -0.116. The van der Waals surface area contributed by atoms with Crippen LogP contribution in [-0.4, -0.2) is 37.6 Å². The molecular weight excluding hydrogens is 356 g/mol. The zero-order chi connectivity index (χ0) is 19.7. The van der Waals surface area contributed by atoms with E-state index in [2.05, 4.69) is 20.5 Å². The number of methoxy groups -OCH3 is 1. The third-order valence-corrected chi connectivity index (χ3v) is 4.52. The van der Waals surface area contributed by atoms with Gasteiger partial charge in [-0.3, -0.25) is 14.2 Å². The molecule has 0 aliphatic heterocycles. The second-order valence-electron chi connectivity index (χ2n) is 6.48. The number of benzene rings is 1. The van der Waals surface area contributed by atoms with E-state index in [0.29, 0.717) is 5.82 Å². The van der Waals surface area contributed by atoms with E-state index in [1.807, 2.05) is 37.4 Å². The molecule has 3 aromatic heterocycles. The maximum atomic E-state index is 12.3. The number of carbonyl (C=O) groups is 1. The molecule has 8 heteroatoms. The lowest BCUT2D eigenvalue weighted by atomic mass is 10.0. The largest absolute Gasteiger partial charge is 0.494 e. The average Bonchev–Trinajstić information content (AvgIpc) is 3.30. The molecule has 0 fully saturated rings. The van der Waals surface area contributed by atoms with Crippen molar-refractivity contribution in [3.05, 3.63) is 54.6 Å². The second-order valence-corrected chi connectivity index (χ2v) is 6.48. The molecule has 4 aromatic rings. The number of aryl methyl sites for hydroxylation is 2. The monoisotopic (exact) mass is 376 g/mol. The van der Waals surface area contributed by atoms with Crippen molar-refractivity contribution < 1.29 is 9.53 Å². The van der Waals surface area contributed by atoms with Crippen LogP contribution < -0.4 is 10.1 Å². The van der Waals surface area contributed by atoms with Crippen LogP contribution in [0.1, 0.15) is 5.69 Å². The number of fused-ring (bicyclic) bond motifs is 1. The zero-order valence-electron chi connectivity index (χ0n) is 15.9. The van der Waals surface area contributed by atoms with Gasteiger partial charge in [-0.15, -0.1) is 0 Å². The van der Waals surface area contributed by atoms with Crippen molar-refractivity contribution in [2.45, 2.75) is 13.5 Å². The molecule has 8 nitrogen and oxygen atoms in total. The smallest absolute Gasteiger partial charge is 0.247 e. The van der Waals surface area contributed by atoms with Crippen LogP contribution in [0.3, 0.4) is 0 Å². The highest BCUT2D eigenvalue weighted by Crippen LogP contribution is 2.33. The first-order valence-corrected chi connectivity index (χ1v) is 8.80. The predicted octanol–water partition coefficient (Wildman–Crippen LogP) is 2.79. The summed E-state index contributed by atoms with van der Waals surface area (Å²) in [6.07, 6.45) is 5.23. The van der Waals surface area contributed by atoms with E-state index in [4.69, 9.17) is 4.74 Å². The number of rotatable bonds is 5. The topological polar surface area (TPSA) is 86.9 Å². The van der Waals surface area contributed by atoms with Gasteiger partial charge in [0.05, 0.1) is 19.5 Å². The first kappa shape index (κ1) is 17.7. The molecule has 0 saturated carbocycles. The molecule has 3 heterocycles. The zero-order valence-corrected chi connectivity index (χ0v) is 15.9. The van der Waals surface area contributed by atoms with Gasteiger partial charge in [-0.1, -0.05) is 6.07 Å². The molecule has 4 rings (SSSR count). The Hall–Kier alpha value is -3.68. The summed E-state index contributed by atoms with van der Waals surface area (Å²) in [4.78, 5) is 16.9. The summed E-state index contributed by atoms with van der Waals surface area (Å²) in [6.45, 7) is 2.06. The minimum atomic E-state index is -0.171. The number of ether oxygens (including phenoxy) is 1. The number of hydrogen-bond donors (Lipinski definition) is 1. The Kier molecular flexibility index (Phi) is 4.52. The van der Waals surface area contributed by atoms with E-state index < -0.39 is 0 Å². The van der Waals surface area contributed by atoms with Crippen molar-refractivity contribution in [1.29, 1.82) is 0 Å². The Bertz CT molecular complexity index is 1160. The number of pyridine rings is 1. The highest BCUT2D eigenvalue weighted by molar-refractivity contribution is 5.97. The Morgan fingerprint density at radius 3 is 2.79 bits per heavy atom. The predicted molar refractivity (Wildman–Crippen MR) is 106 cm³/mol. The van der Waals surface area contributed by atoms with Crippen LogP contribution in [0.5, 0.6) is 5.75 Å². The van der Waals surface area contributed by atoms with Gasteiger partial charge in [-0.05, 0) is 30.7 Å². The van der Waals surface area contributed by atoms with Crippen LogP contribution in [0.4, 0.5) is 5.82 Å². The second kappa shape index (κ2) is 7.15. The highest BCUT2D eigenvalue weighted by Gasteiger charge is 2.13. The van der Waals surface area contributed by atoms with Crippen molar-refractivity contribution >= 4 is 22.6 Å². The lowest BCUT2D eigenvalue weighted by Crippen LogP contribution is -2.20. The Balaban J connectivity index is 1.61. The minimum absolute atomic E-state index is 0.108. The molecule has 1 amide bonds. The summed E-state index contributed by atoms with van der Waals surface area (Å²) in [5.41, 5.74) is 3.63. The molecule has 0 bridgehead atoms. The Morgan fingerprint density at radius 1 is 1.18 bits per heavy atom. The number of nitrogens with one attached hydrogen (secondary N) is 1. The number of hydrogen-bond acceptors (Lipinski definition) is 5. The molecule has 0 unspecified atom stereocenters. The van der Waals surface area contributed by atoms with E-state index >= 15 is 0 Å². The number of aromatic nitrogens is 5. The van der Waals surface area contributed by atoms with Gasteiger partial charge in [0.15, 0.2) is 0 Å². The number of anilines is 1. The molecule has 1 aromatic carbocycles. The van der Waals surface area contributed by atoms with Gasteiger partial charge in [0, 0.05) is 36.0 Å². The molecule has 0 aliphatic rings. The third-order valence-electron chi connectivity index (χ3n) is 4.52. The van der Waals surface area contributed by atoms with Crippen LogP contribution in [0, 0.1) is 6.92 Å². The van der Waals surface area contributed by atoms with Crippen LogP contribution in [0.25, 0.3) is 22.0 Å². The van der Waals surface area contributed by atoms with Crippen LogP contribution in [0.2, 0.25) is 0 Å². The molecule has 28 heavy (non-hydrogen) atoms. The summed E-state index contributed by atoms with van der Waals surface area (Å²) < 4.78 is 8.66. The van der Waals surface area contributed by atoms with Crippen molar-refractivity contribution in [2.75, 3.05) is 12.4 Å². The molecular formula is C20H20N6O2. The number of nitrogens with zero attached hydrogens (tertiary/aromatic N) is 5. The van der Waals surface area contributed by atoms with Gasteiger partial charge >= 0.3 is 0 Å². The molecule has 0 atom stereocenters. The van der Waals surface area contributed by atoms with Gasteiger partial charge in [0.1, 0.15) is 23.6 Å². The summed E-state index contributed by atoms with van der Waals surface area (Å²) in [6, 6.07) is 9.62. The molecule has 0 aliphatic carbocycles. The molecule has 142 valence electrons. The van der Waals surface area contributed by atoms with Crippen molar-refractivity contribution in [3.8, 4) is 16.9 Å². The van der Waals surface area contributed by atoms with Gasteiger partial charge in [-0.2, -0.15) is 10.2 Å². The maximum absolute atomic E-state index is 12.3. The SMILES string of the molecule is COc1ccc(-c2cnn(CC(=O)Nc3ccnn3C)c2)c2ccc(C)nc12. The van der Waals surface area contributed by atoms with Crippen LogP contribution >= 0.6 is 0 Å². The highest BCUT2D eigenvalue weighted by atomic mass is 16.5. The Labute approximate surface area is 161 Å². The summed E-state index contributed by atoms with van der Waals surface area (Å²) in [5.74, 6) is 1.19. The first-order valence-electron chi connectivity index (χ1n) is 8.80. The van der Waals surface area contributed by atoms with Crippen molar-refractivity contribution in [3.63, 3.8) is 0 Å². The molecule has 1 N–H and O–H groups in total.